The number of thiophene rings is 2. The highest BCUT2D eigenvalue weighted by Crippen LogP contribution is 2.32. The summed E-state index contributed by atoms with van der Waals surface area (Å²) in [5.41, 5.74) is 9.93. The van der Waals surface area contributed by atoms with Gasteiger partial charge in [0.05, 0.1) is 39.4 Å². The summed E-state index contributed by atoms with van der Waals surface area (Å²) in [6, 6.07) is 19.8. The van der Waals surface area contributed by atoms with Crippen LogP contribution in [0.15, 0.2) is 78.3 Å². The Hall–Kier alpha value is -4.28. The van der Waals surface area contributed by atoms with Crippen LogP contribution >= 0.6 is 22.7 Å². The van der Waals surface area contributed by atoms with Gasteiger partial charge in [0.1, 0.15) is 5.69 Å². The number of carbonyl (C=O) groups is 2. The normalized spacial score (nSPS) is 10.9. The summed E-state index contributed by atoms with van der Waals surface area (Å²) in [5, 5.41) is 22.3. The summed E-state index contributed by atoms with van der Waals surface area (Å²) >= 11 is 2.93. The van der Waals surface area contributed by atoms with Gasteiger partial charge in [-0.3, -0.25) is 4.79 Å². The SMILES string of the molecule is Nc1ccc(-c2cccs2)cc1NC(=O)c1ccc(-c2cn(Cc3ccc(C(=O)O)cc3)nn2)s1. The average molecular weight is 502 g/mol. The molecule has 3 aromatic heterocycles. The number of nitrogens with one attached hydrogen (secondary N) is 1. The summed E-state index contributed by atoms with van der Waals surface area (Å²) in [7, 11) is 0. The molecule has 0 aliphatic rings. The van der Waals surface area contributed by atoms with Crippen molar-refractivity contribution in [2.75, 3.05) is 11.1 Å². The fraction of sp³-hybridized carbons (Fsp3) is 0.0400. The Morgan fingerprint density at radius 2 is 1.86 bits per heavy atom. The van der Waals surface area contributed by atoms with E-state index in [2.05, 4.69) is 15.6 Å². The first-order valence-electron chi connectivity index (χ1n) is 10.5. The van der Waals surface area contributed by atoms with Crippen LogP contribution in [0.1, 0.15) is 25.6 Å². The van der Waals surface area contributed by atoms with E-state index in [1.807, 2.05) is 35.7 Å². The van der Waals surface area contributed by atoms with E-state index in [1.165, 1.54) is 11.3 Å². The smallest absolute Gasteiger partial charge is 0.335 e. The van der Waals surface area contributed by atoms with Gasteiger partial charge in [-0.15, -0.1) is 27.8 Å². The fourth-order valence-electron chi connectivity index (χ4n) is 3.47. The van der Waals surface area contributed by atoms with E-state index >= 15 is 0 Å². The Morgan fingerprint density at radius 3 is 2.60 bits per heavy atom. The molecule has 5 rings (SSSR count). The van der Waals surface area contributed by atoms with Crippen LogP contribution in [-0.4, -0.2) is 32.0 Å². The molecule has 2 aromatic carbocycles. The molecule has 0 aliphatic heterocycles. The maximum atomic E-state index is 12.9. The number of nitrogens with zero attached hydrogens (tertiary/aromatic N) is 3. The molecule has 0 spiro atoms. The predicted octanol–water partition coefficient (Wildman–Crippen LogP) is 5.32. The van der Waals surface area contributed by atoms with Gasteiger partial charge in [-0.2, -0.15) is 0 Å². The molecule has 4 N–H and O–H groups in total. The minimum atomic E-state index is -0.963. The number of nitrogens with two attached hydrogens (primary N) is 1. The van der Waals surface area contributed by atoms with E-state index in [0.29, 0.717) is 28.5 Å². The van der Waals surface area contributed by atoms with Gasteiger partial charge in [0.25, 0.3) is 5.91 Å². The van der Waals surface area contributed by atoms with Crippen molar-refractivity contribution >= 4 is 45.9 Å². The van der Waals surface area contributed by atoms with E-state index in [9.17, 15) is 9.59 Å². The summed E-state index contributed by atoms with van der Waals surface area (Å²) in [4.78, 5) is 26.3. The number of amides is 1. The highest BCUT2D eigenvalue weighted by atomic mass is 32.1. The van der Waals surface area contributed by atoms with Crippen LogP contribution in [-0.2, 0) is 6.54 Å². The molecule has 0 atom stereocenters. The second kappa shape index (κ2) is 9.53. The third-order valence-electron chi connectivity index (χ3n) is 5.27. The number of aromatic nitrogens is 3. The lowest BCUT2D eigenvalue weighted by atomic mass is 10.1. The van der Waals surface area contributed by atoms with Crippen LogP contribution in [0, 0.1) is 0 Å². The van der Waals surface area contributed by atoms with Crippen LogP contribution in [0.3, 0.4) is 0 Å². The number of carbonyl (C=O) groups excluding carboxylic acids is 1. The molecule has 174 valence electrons. The minimum Gasteiger partial charge on any atom is -0.478 e. The van der Waals surface area contributed by atoms with Gasteiger partial charge in [0, 0.05) is 4.88 Å². The zero-order chi connectivity index (χ0) is 24.4. The van der Waals surface area contributed by atoms with E-state index in [0.717, 1.165) is 20.9 Å². The number of rotatable bonds is 7. The molecule has 10 heteroatoms. The minimum absolute atomic E-state index is 0.234. The number of carboxylic acids is 1. The summed E-state index contributed by atoms with van der Waals surface area (Å²) in [6.45, 7) is 0.450. The lowest BCUT2D eigenvalue weighted by molar-refractivity contribution is 0.0696. The highest BCUT2D eigenvalue weighted by Gasteiger charge is 2.15. The van der Waals surface area contributed by atoms with Gasteiger partial charge in [0.2, 0.25) is 0 Å². The Morgan fingerprint density at radius 1 is 1.03 bits per heavy atom. The molecule has 5 aromatic rings. The van der Waals surface area contributed by atoms with Crippen LogP contribution < -0.4 is 11.1 Å². The van der Waals surface area contributed by atoms with Crippen molar-refractivity contribution in [2.45, 2.75) is 6.54 Å². The number of aromatic carboxylic acids is 1. The molecular formula is C25H19N5O3S2. The molecule has 8 nitrogen and oxygen atoms in total. The Kier molecular flexibility index (Phi) is 6.13. The largest absolute Gasteiger partial charge is 0.478 e. The third kappa shape index (κ3) is 4.98. The number of benzene rings is 2. The Bertz CT molecular complexity index is 1500. The topological polar surface area (TPSA) is 123 Å². The molecule has 35 heavy (non-hydrogen) atoms. The summed E-state index contributed by atoms with van der Waals surface area (Å²) in [6.07, 6.45) is 1.79. The lowest BCUT2D eigenvalue weighted by Crippen LogP contribution is -2.11. The van der Waals surface area contributed by atoms with Crippen LogP contribution in [0.25, 0.3) is 21.0 Å². The molecular weight excluding hydrogens is 482 g/mol. The lowest BCUT2D eigenvalue weighted by Gasteiger charge is -2.09. The van der Waals surface area contributed by atoms with Crippen LogP contribution in [0.2, 0.25) is 0 Å². The first-order chi connectivity index (χ1) is 17.0. The first kappa shape index (κ1) is 22.5. The van der Waals surface area contributed by atoms with Crippen LogP contribution in [0.4, 0.5) is 11.4 Å². The molecule has 0 saturated carbocycles. The molecule has 3 heterocycles. The monoisotopic (exact) mass is 501 g/mol. The van der Waals surface area contributed by atoms with Gasteiger partial charge in [-0.1, -0.05) is 29.5 Å². The second-order valence-corrected chi connectivity index (χ2v) is 9.73. The van der Waals surface area contributed by atoms with Crippen molar-refractivity contribution in [3.8, 4) is 21.0 Å². The van der Waals surface area contributed by atoms with Gasteiger partial charge in [-0.05, 0) is 59.0 Å². The molecule has 0 fully saturated rings. The Balaban J connectivity index is 1.28. The van der Waals surface area contributed by atoms with E-state index in [-0.39, 0.29) is 11.5 Å². The maximum absolute atomic E-state index is 12.9. The Labute approximate surface area is 208 Å². The van der Waals surface area contributed by atoms with Crippen LogP contribution in [0.5, 0.6) is 0 Å². The van der Waals surface area contributed by atoms with Gasteiger partial charge < -0.3 is 16.2 Å². The fourth-order valence-corrected chi connectivity index (χ4v) is 5.05. The summed E-state index contributed by atoms with van der Waals surface area (Å²) in [5.74, 6) is -1.21. The van der Waals surface area contributed by atoms with Gasteiger partial charge in [0.15, 0.2) is 0 Å². The van der Waals surface area contributed by atoms with Gasteiger partial charge in [-0.25, -0.2) is 9.48 Å². The van der Waals surface area contributed by atoms with Gasteiger partial charge >= 0.3 is 5.97 Å². The van der Waals surface area contributed by atoms with Crippen molar-refractivity contribution in [1.82, 2.24) is 15.0 Å². The van der Waals surface area contributed by atoms with Crippen molar-refractivity contribution < 1.29 is 14.7 Å². The third-order valence-corrected chi connectivity index (χ3v) is 7.30. The van der Waals surface area contributed by atoms with E-state index in [4.69, 9.17) is 10.8 Å². The maximum Gasteiger partial charge on any atom is 0.335 e. The number of nitrogen functional groups attached to an aromatic ring is 1. The number of hydrogen-bond donors (Lipinski definition) is 3. The second-order valence-electron chi connectivity index (χ2n) is 7.70. The highest BCUT2D eigenvalue weighted by molar-refractivity contribution is 7.17. The van der Waals surface area contributed by atoms with E-state index < -0.39 is 5.97 Å². The number of anilines is 2. The molecule has 0 unspecified atom stereocenters. The standard InChI is InChI=1S/C25H19N5O3S2/c26-18-8-7-17(21-2-1-11-34-21)12-19(18)27-24(31)23-10-9-22(35-23)20-14-30(29-28-20)13-15-3-5-16(6-4-15)25(32)33/h1-12,14H,13,26H2,(H,27,31)(H,32,33). The zero-order valence-electron chi connectivity index (χ0n) is 18.2. The van der Waals surface area contributed by atoms with Crippen molar-refractivity contribution in [3.63, 3.8) is 0 Å². The molecule has 0 saturated heterocycles. The summed E-state index contributed by atoms with van der Waals surface area (Å²) < 4.78 is 1.67. The van der Waals surface area contributed by atoms with Crippen molar-refractivity contribution in [1.29, 1.82) is 0 Å². The quantitative estimate of drug-likeness (QED) is 0.260. The van der Waals surface area contributed by atoms with E-state index in [1.54, 1.807) is 58.6 Å². The first-order valence-corrected chi connectivity index (χ1v) is 12.2. The van der Waals surface area contributed by atoms with Crippen molar-refractivity contribution in [2.24, 2.45) is 0 Å². The predicted molar refractivity (Wildman–Crippen MR) is 138 cm³/mol. The number of hydrogen-bond acceptors (Lipinski definition) is 7. The molecule has 1 amide bonds. The van der Waals surface area contributed by atoms with Crippen molar-refractivity contribution in [3.05, 3.63) is 94.3 Å². The molecule has 0 aliphatic carbocycles. The number of carboxylic acid groups (broad SMARTS) is 1. The molecule has 0 radical (unpaired) electrons. The zero-order valence-corrected chi connectivity index (χ0v) is 19.8. The average Bonchev–Trinajstić information content (AvgIpc) is 3.62. The molecule has 0 bridgehead atoms.